The van der Waals surface area contributed by atoms with Gasteiger partial charge in [0, 0.05) is 13.0 Å². The number of H-pyrrole nitrogens is 1. The molecule has 152 valence electrons. The number of hydrogen-bond donors (Lipinski definition) is 2. The van der Waals surface area contributed by atoms with E-state index in [9.17, 15) is 9.90 Å². The van der Waals surface area contributed by atoms with Crippen molar-refractivity contribution < 1.29 is 9.90 Å². The number of nitrogens with one attached hydrogen (secondary N) is 1. The number of amides is 1. The summed E-state index contributed by atoms with van der Waals surface area (Å²) in [5, 5.41) is 9.97. The molecule has 5 heteroatoms. The van der Waals surface area contributed by atoms with Crippen LogP contribution in [0, 0.1) is 0 Å². The minimum absolute atomic E-state index is 0.177. The van der Waals surface area contributed by atoms with E-state index >= 15 is 0 Å². The lowest BCUT2D eigenvalue weighted by Gasteiger charge is -2.20. The number of aromatic hydroxyl groups is 1. The molecule has 0 bridgehead atoms. The van der Waals surface area contributed by atoms with Gasteiger partial charge in [-0.15, -0.1) is 0 Å². The Hall–Kier alpha value is -2.82. The molecule has 0 atom stereocenters. The summed E-state index contributed by atoms with van der Waals surface area (Å²) < 4.78 is 0. The molecule has 0 unspecified atom stereocenters. The minimum atomic E-state index is -0.517. The van der Waals surface area contributed by atoms with E-state index in [1.807, 2.05) is 36.9 Å². The fraction of sp³-hybridized carbons (Fsp3) is 0.417. The van der Waals surface area contributed by atoms with E-state index in [1.165, 1.54) is 0 Å². The lowest BCUT2D eigenvalue weighted by molar-refractivity contribution is -0.122. The van der Waals surface area contributed by atoms with Crippen molar-refractivity contribution in [1.82, 2.24) is 9.97 Å². The van der Waals surface area contributed by atoms with Gasteiger partial charge in [0.1, 0.15) is 11.6 Å². The van der Waals surface area contributed by atoms with Crippen LogP contribution in [0.3, 0.4) is 0 Å². The molecule has 5 nitrogen and oxygen atoms in total. The van der Waals surface area contributed by atoms with E-state index in [2.05, 4.69) is 24.0 Å². The van der Waals surface area contributed by atoms with Crippen molar-refractivity contribution in [3.63, 3.8) is 0 Å². The van der Waals surface area contributed by atoms with Crippen LogP contribution in [-0.2, 0) is 23.1 Å². The van der Waals surface area contributed by atoms with Gasteiger partial charge in [-0.05, 0) is 56.0 Å². The molecule has 0 radical (unpaired) electrons. The number of aromatic nitrogens is 2. The molecule has 1 amide bonds. The predicted octanol–water partition coefficient (Wildman–Crippen LogP) is 4.87. The summed E-state index contributed by atoms with van der Waals surface area (Å²) in [4.78, 5) is 23.1. The van der Waals surface area contributed by atoms with Crippen LogP contribution in [0.25, 0.3) is 11.0 Å². The van der Waals surface area contributed by atoms with Gasteiger partial charge in [0.05, 0.1) is 22.1 Å². The highest BCUT2D eigenvalue weighted by molar-refractivity contribution is 6.09. The molecule has 1 aliphatic rings. The highest BCUT2D eigenvalue weighted by Gasteiger charge is 2.43. The zero-order valence-corrected chi connectivity index (χ0v) is 17.5. The summed E-state index contributed by atoms with van der Waals surface area (Å²) >= 11 is 0. The number of carbonyl (C=O) groups is 1. The van der Waals surface area contributed by atoms with Gasteiger partial charge in [-0.1, -0.05) is 38.0 Å². The second-order valence-electron chi connectivity index (χ2n) is 8.49. The molecule has 0 saturated heterocycles. The van der Waals surface area contributed by atoms with Crippen LogP contribution in [0.15, 0.2) is 36.4 Å². The number of phenolic OH excluding ortho intramolecular Hbond substituents is 1. The molecule has 29 heavy (non-hydrogen) atoms. The standard InChI is InChI=1S/C24H29N3O2/c1-4-5-8-13-27-20-15-19-18(14-17(20)24(2,3)23(27)29)25-22(26-19)12-11-16-9-6-7-10-21(16)28/h6-7,9-10,14-15,28H,4-5,8,11-13H2,1-3H3,(H,25,26). The van der Waals surface area contributed by atoms with Crippen LogP contribution in [0.4, 0.5) is 5.69 Å². The smallest absolute Gasteiger partial charge is 0.237 e. The fourth-order valence-electron chi connectivity index (χ4n) is 4.22. The minimum Gasteiger partial charge on any atom is -0.508 e. The zero-order chi connectivity index (χ0) is 20.6. The first-order valence-corrected chi connectivity index (χ1v) is 10.5. The van der Waals surface area contributed by atoms with Crippen LogP contribution in [0.1, 0.15) is 57.0 Å². The zero-order valence-electron chi connectivity index (χ0n) is 17.5. The van der Waals surface area contributed by atoms with Crippen molar-refractivity contribution >= 4 is 22.6 Å². The SMILES string of the molecule is CCCCCN1C(=O)C(C)(C)c2cc3[nH]c(CCc4ccccc4O)nc3cc21. The molecule has 1 aliphatic heterocycles. The Morgan fingerprint density at radius 2 is 1.93 bits per heavy atom. The molecule has 1 aromatic heterocycles. The molecule has 4 rings (SSSR count). The number of anilines is 1. The molecule has 0 saturated carbocycles. The number of benzene rings is 2. The topological polar surface area (TPSA) is 69.2 Å². The van der Waals surface area contributed by atoms with Crippen LogP contribution < -0.4 is 4.90 Å². The van der Waals surface area contributed by atoms with Crippen LogP contribution in [-0.4, -0.2) is 27.5 Å². The van der Waals surface area contributed by atoms with E-state index in [4.69, 9.17) is 4.98 Å². The Morgan fingerprint density at radius 3 is 2.69 bits per heavy atom. The van der Waals surface area contributed by atoms with Gasteiger partial charge in [0.2, 0.25) is 5.91 Å². The Labute approximate surface area is 171 Å². The second kappa shape index (κ2) is 7.54. The maximum Gasteiger partial charge on any atom is 0.237 e. The van der Waals surface area contributed by atoms with Gasteiger partial charge >= 0.3 is 0 Å². The van der Waals surface area contributed by atoms with Gasteiger partial charge in [0.25, 0.3) is 0 Å². The lowest BCUT2D eigenvalue weighted by atomic mass is 9.86. The number of nitrogens with zero attached hydrogens (tertiary/aromatic N) is 2. The van der Waals surface area contributed by atoms with Crippen molar-refractivity contribution in [1.29, 1.82) is 0 Å². The average Bonchev–Trinajstić information content (AvgIpc) is 3.18. The molecule has 0 aliphatic carbocycles. The molecule has 3 aromatic rings. The first-order chi connectivity index (χ1) is 13.9. The van der Waals surface area contributed by atoms with Gasteiger partial charge in [-0.3, -0.25) is 4.79 Å². The number of phenols is 1. The molecule has 0 spiro atoms. The number of para-hydroxylation sites is 1. The number of aromatic amines is 1. The van der Waals surface area contributed by atoms with Crippen molar-refractivity contribution in [2.45, 2.75) is 58.3 Å². The number of rotatable bonds is 7. The normalized spacial score (nSPS) is 15.3. The van der Waals surface area contributed by atoms with Crippen LogP contribution in [0.2, 0.25) is 0 Å². The maximum atomic E-state index is 13.0. The first kappa shape index (κ1) is 19.5. The number of fused-ring (bicyclic) bond motifs is 2. The summed E-state index contributed by atoms with van der Waals surface area (Å²) in [6.45, 7) is 6.96. The van der Waals surface area contributed by atoms with Crippen molar-refractivity contribution in [2.75, 3.05) is 11.4 Å². The number of imidazole rings is 1. The van der Waals surface area contributed by atoms with E-state index in [0.717, 1.165) is 72.3 Å². The molecular weight excluding hydrogens is 362 g/mol. The van der Waals surface area contributed by atoms with Gasteiger partial charge in [0.15, 0.2) is 0 Å². The Morgan fingerprint density at radius 1 is 1.14 bits per heavy atom. The third-order valence-electron chi connectivity index (χ3n) is 6.00. The van der Waals surface area contributed by atoms with Crippen LogP contribution in [0.5, 0.6) is 5.75 Å². The molecular formula is C24H29N3O2. The molecule has 0 fully saturated rings. The monoisotopic (exact) mass is 391 g/mol. The third-order valence-corrected chi connectivity index (χ3v) is 6.00. The van der Waals surface area contributed by atoms with Gasteiger partial charge in [-0.2, -0.15) is 0 Å². The van der Waals surface area contributed by atoms with Gasteiger partial charge < -0.3 is 15.0 Å². The maximum absolute atomic E-state index is 13.0. The predicted molar refractivity (Wildman–Crippen MR) is 117 cm³/mol. The third kappa shape index (κ3) is 3.50. The number of aryl methyl sites for hydroxylation is 2. The highest BCUT2D eigenvalue weighted by atomic mass is 16.3. The van der Waals surface area contributed by atoms with E-state index in [0.29, 0.717) is 5.75 Å². The summed E-state index contributed by atoms with van der Waals surface area (Å²) in [7, 11) is 0. The quantitative estimate of drug-likeness (QED) is 0.565. The summed E-state index contributed by atoms with van der Waals surface area (Å²) in [5.41, 5.74) is 4.33. The van der Waals surface area contributed by atoms with E-state index in [1.54, 1.807) is 6.07 Å². The summed E-state index contributed by atoms with van der Waals surface area (Å²) in [5.74, 6) is 1.40. The Bertz CT molecular complexity index is 1050. The first-order valence-electron chi connectivity index (χ1n) is 10.5. The van der Waals surface area contributed by atoms with Crippen molar-refractivity contribution in [3.05, 3.63) is 53.3 Å². The largest absolute Gasteiger partial charge is 0.508 e. The van der Waals surface area contributed by atoms with Gasteiger partial charge in [-0.25, -0.2) is 4.98 Å². The number of unbranched alkanes of at least 4 members (excludes halogenated alkanes) is 2. The fourth-order valence-corrected chi connectivity index (χ4v) is 4.22. The van der Waals surface area contributed by atoms with Crippen molar-refractivity contribution in [2.24, 2.45) is 0 Å². The molecule has 2 aromatic carbocycles. The Kier molecular flexibility index (Phi) is 5.07. The molecule has 2 N–H and O–H groups in total. The van der Waals surface area contributed by atoms with E-state index in [-0.39, 0.29) is 5.91 Å². The summed E-state index contributed by atoms with van der Waals surface area (Å²) in [6.07, 6.45) is 4.72. The number of carbonyl (C=O) groups excluding carboxylic acids is 1. The Balaban J connectivity index is 1.62. The molecule has 2 heterocycles. The number of hydrogen-bond acceptors (Lipinski definition) is 3. The van der Waals surface area contributed by atoms with Crippen LogP contribution >= 0.6 is 0 Å². The second-order valence-corrected chi connectivity index (χ2v) is 8.49. The summed E-state index contributed by atoms with van der Waals surface area (Å²) in [6, 6.07) is 11.6. The average molecular weight is 392 g/mol. The van der Waals surface area contributed by atoms with E-state index < -0.39 is 5.41 Å². The lowest BCUT2D eigenvalue weighted by Crippen LogP contribution is -2.36. The highest BCUT2D eigenvalue weighted by Crippen LogP contribution is 2.43. The van der Waals surface area contributed by atoms with Crippen molar-refractivity contribution in [3.8, 4) is 5.75 Å².